The number of amides is 1. The molecule has 0 spiro atoms. The van der Waals surface area contributed by atoms with Crippen molar-refractivity contribution in [2.45, 2.75) is 25.8 Å². The Balaban J connectivity index is 2.15. The zero-order valence-electron chi connectivity index (χ0n) is 10.9. The summed E-state index contributed by atoms with van der Waals surface area (Å²) < 4.78 is 0. The predicted molar refractivity (Wildman–Crippen MR) is 74.8 cm³/mol. The van der Waals surface area contributed by atoms with E-state index in [4.69, 9.17) is 0 Å². The first-order valence-electron chi connectivity index (χ1n) is 6.45. The molecule has 1 unspecified atom stereocenters. The lowest BCUT2D eigenvalue weighted by Crippen LogP contribution is -2.46. The van der Waals surface area contributed by atoms with Crippen LogP contribution in [0.2, 0.25) is 0 Å². The van der Waals surface area contributed by atoms with Crippen LogP contribution < -0.4 is 10.2 Å². The second-order valence-corrected chi connectivity index (χ2v) is 4.70. The highest BCUT2D eigenvalue weighted by atomic mass is 16.2. The van der Waals surface area contributed by atoms with Crippen LogP contribution in [-0.4, -0.2) is 25.0 Å². The smallest absolute Gasteiger partial charge is 0.241 e. The fourth-order valence-corrected chi connectivity index (χ4v) is 2.43. The van der Waals surface area contributed by atoms with Crippen molar-refractivity contribution in [2.24, 2.45) is 0 Å². The lowest BCUT2D eigenvalue weighted by molar-refractivity contribution is -0.118. The van der Waals surface area contributed by atoms with Gasteiger partial charge in [-0.25, -0.2) is 0 Å². The lowest BCUT2D eigenvalue weighted by Gasteiger charge is -2.35. The van der Waals surface area contributed by atoms with Crippen molar-refractivity contribution in [3.63, 3.8) is 0 Å². The highest BCUT2D eigenvalue weighted by molar-refractivity contribution is 5.96. The fourth-order valence-electron chi connectivity index (χ4n) is 2.43. The van der Waals surface area contributed by atoms with Crippen molar-refractivity contribution in [3.05, 3.63) is 42.5 Å². The quantitative estimate of drug-likeness (QED) is 0.650. The van der Waals surface area contributed by atoms with E-state index in [1.165, 1.54) is 5.56 Å². The number of fused-ring (bicyclic) bond motifs is 1. The maximum atomic E-state index is 12.3. The van der Waals surface area contributed by atoms with Gasteiger partial charge in [0, 0.05) is 18.3 Å². The Bertz CT molecular complexity index is 442. The summed E-state index contributed by atoms with van der Waals surface area (Å²) in [5, 5.41) is 3.07. The van der Waals surface area contributed by atoms with Crippen LogP contribution in [0, 0.1) is 0 Å². The van der Waals surface area contributed by atoms with E-state index in [9.17, 15) is 4.79 Å². The van der Waals surface area contributed by atoms with Crippen molar-refractivity contribution in [1.82, 2.24) is 5.32 Å². The van der Waals surface area contributed by atoms with Crippen LogP contribution >= 0.6 is 0 Å². The summed E-state index contributed by atoms with van der Waals surface area (Å²) in [6, 6.07) is 8.45. The minimum Gasteiger partial charge on any atom is -0.308 e. The summed E-state index contributed by atoms with van der Waals surface area (Å²) >= 11 is 0. The Hall–Kier alpha value is -1.61. The molecule has 0 radical (unpaired) electrons. The summed E-state index contributed by atoms with van der Waals surface area (Å²) in [7, 11) is 0. The molecule has 1 amide bonds. The third-order valence-corrected chi connectivity index (χ3v) is 3.36. The van der Waals surface area contributed by atoms with Gasteiger partial charge in [-0.2, -0.15) is 0 Å². The van der Waals surface area contributed by atoms with Crippen LogP contribution in [0.4, 0.5) is 5.69 Å². The van der Waals surface area contributed by atoms with Gasteiger partial charge in [0.1, 0.15) is 0 Å². The molecule has 1 aliphatic heterocycles. The third-order valence-electron chi connectivity index (χ3n) is 3.36. The van der Waals surface area contributed by atoms with Crippen molar-refractivity contribution >= 4 is 11.6 Å². The molecule has 0 aliphatic carbocycles. The molecule has 3 nitrogen and oxygen atoms in total. The summed E-state index contributed by atoms with van der Waals surface area (Å²) in [6.45, 7) is 6.77. The van der Waals surface area contributed by atoms with Gasteiger partial charge in [0.15, 0.2) is 0 Å². The van der Waals surface area contributed by atoms with E-state index in [2.05, 4.69) is 24.9 Å². The molecule has 1 N–H and O–H groups in total. The van der Waals surface area contributed by atoms with Gasteiger partial charge in [-0.15, -0.1) is 6.58 Å². The Morgan fingerprint density at radius 1 is 1.56 bits per heavy atom. The van der Waals surface area contributed by atoms with Gasteiger partial charge in [0.25, 0.3) is 0 Å². The van der Waals surface area contributed by atoms with Gasteiger partial charge >= 0.3 is 0 Å². The zero-order valence-corrected chi connectivity index (χ0v) is 10.9. The number of nitrogens with one attached hydrogen (secondary N) is 1. The first-order valence-corrected chi connectivity index (χ1v) is 6.45. The molecule has 0 saturated carbocycles. The third kappa shape index (κ3) is 2.62. The second kappa shape index (κ2) is 5.83. The monoisotopic (exact) mass is 244 g/mol. The number of para-hydroxylation sites is 1. The van der Waals surface area contributed by atoms with Gasteiger partial charge < -0.3 is 10.2 Å². The molecule has 2 rings (SSSR count). The predicted octanol–water partition coefficient (Wildman–Crippen LogP) is 2.13. The van der Waals surface area contributed by atoms with Crippen LogP contribution in [0.1, 0.15) is 18.9 Å². The number of hydrogen-bond donors (Lipinski definition) is 1. The van der Waals surface area contributed by atoms with Crippen molar-refractivity contribution in [3.8, 4) is 0 Å². The first kappa shape index (κ1) is 12.8. The van der Waals surface area contributed by atoms with Gasteiger partial charge in [-0.1, -0.05) is 24.3 Å². The number of nitrogens with zero attached hydrogens (tertiary/aromatic N) is 1. The Labute approximate surface area is 108 Å². The highest BCUT2D eigenvalue weighted by Crippen LogP contribution is 2.30. The standard InChI is InChI=1S/C15H20N2O/c1-3-10-16-11-15(18)17-12(2)8-9-13-6-4-5-7-14(13)17/h3-7,12,16H,1,8-11H2,2H3. The minimum atomic E-state index is 0.136. The van der Waals surface area contributed by atoms with Gasteiger partial charge in [0.05, 0.1) is 6.54 Å². The topological polar surface area (TPSA) is 32.3 Å². The average molecular weight is 244 g/mol. The Morgan fingerprint density at radius 2 is 2.33 bits per heavy atom. The molecule has 0 aromatic heterocycles. The Kier molecular flexibility index (Phi) is 4.15. The van der Waals surface area contributed by atoms with Crippen LogP contribution in [0.15, 0.2) is 36.9 Å². The van der Waals surface area contributed by atoms with E-state index in [0.29, 0.717) is 13.1 Å². The number of carbonyl (C=O) groups excluding carboxylic acids is 1. The minimum absolute atomic E-state index is 0.136. The van der Waals surface area contributed by atoms with E-state index in [1.54, 1.807) is 6.08 Å². The highest BCUT2D eigenvalue weighted by Gasteiger charge is 2.27. The number of anilines is 1. The molecule has 1 aromatic carbocycles. The molecular weight excluding hydrogens is 224 g/mol. The van der Waals surface area contributed by atoms with E-state index in [1.807, 2.05) is 23.1 Å². The lowest BCUT2D eigenvalue weighted by atomic mass is 9.96. The maximum Gasteiger partial charge on any atom is 0.241 e. The number of benzene rings is 1. The summed E-state index contributed by atoms with van der Waals surface area (Å²) in [4.78, 5) is 14.2. The summed E-state index contributed by atoms with van der Waals surface area (Å²) in [5.41, 5.74) is 2.34. The Morgan fingerprint density at radius 3 is 3.11 bits per heavy atom. The summed E-state index contributed by atoms with van der Waals surface area (Å²) in [6.07, 6.45) is 3.85. The molecule has 1 heterocycles. The van der Waals surface area contributed by atoms with E-state index < -0.39 is 0 Å². The molecule has 96 valence electrons. The number of carbonyl (C=O) groups is 1. The van der Waals surface area contributed by atoms with Crippen LogP contribution in [0.25, 0.3) is 0 Å². The van der Waals surface area contributed by atoms with Crippen molar-refractivity contribution < 1.29 is 4.79 Å². The fraction of sp³-hybridized carbons (Fsp3) is 0.400. The second-order valence-electron chi connectivity index (χ2n) is 4.70. The molecule has 0 fully saturated rings. The molecule has 3 heteroatoms. The van der Waals surface area contributed by atoms with Gasteiger partial charge in [0.2, 0.25) is 5.91 Å². The molecule has 1 aromatic rings. The first-order chi connectivity index (χ1) is 8.74. The molecule has 0 bridgehead atoms. The van der Waals surface area contributed by atoms with Crippen LogP contribution in [0.5, 0.6) is 0 Å². The average Bonchev–Trinajstić information content (AvgIpc) is 2.38. The zero-order chi connectivity index (χ0) is 13.0. The largest absolute Gasteiger partial charge is 0.308 e. The van der Waals surface area contributed by atoms with E-state index in [0.717, 1.165) is 18.5 Å². The van der Waals surface area contributed by atoms with Crippen LogP contribution in [0.3, 0.4) is 0 Å². The molecule has 18 heavy (non-hydrogen) atoms. The van der Waals surface area contributed by atoms with E-state index >= 15 is 0 Å². The molecule has 0 saturated heterocycles. The van der Waals surface area contributed by atoms with Crippen molar-refractivity contribution in [2.75, 3.05) is 18.0 Å². The van der Waals surface area contributed by atoms with Crippen molar-refractivity contribution in [1.29, 1.82) is 0 Å². The maximum absolute atomic E-state index is 12.3. The van der Waals surface area contributed by atoms with Crippen LogP contribution in [-0.2, 0) is 11.2 Å². The SMILES string of the molecule is C=CCNCC(=O)N1c2ccccc2CCC1C. The summed E-state index contributed by atoms with van der Waals surface area (Å²) in [5.74, 6) is 0.136. The van der Waals surface area contributed by atoms with Gasteiger partial charge in [-0.3, -0.25) is 4.79 Å². The van der Waals surface area contributed by atoms with E-state index in [-0.39, 0.29) is 11.9 Å². The molecule has 1 atom stereocenters. The number of rotatable bonds is 4. The molecular formula is C15H20N2O. The van der Waals surface area contributed by atoms with Gasteiger partial charge in [-0.05, 0) is 31.4 Å². The molecule has 1 aliphatic rings. The number of aryl methyl sites for hydroxylation is 1. The number of hydrogen-bond acceptors (Lipinski definition) is 2. The normalized spacial score (nSPS) is 18.3.